The predicted molar refractivity (Wildman–Crippen MR) is 107 cm³/mol. The van der Waals surface area contributed by atoms with Crippen LogP contribution >= 0.6 is 22.9 Å². The normalized spacial score (nSPS) is 13.4. The Hall–Kier alpha value is -2.43. The molecule has 0 saturated heterocycles. The summed E-state index contributed by atoms with van der Waals surface area (Å²) < 4.78 is 0. The topological polar surface area (TPSA) is 42.0 Å². The lowest BCUT2D eigenvalue weighted by Crippen LogP contribution is -2.26. The smallest absolute Gasteiger partial charge is 0.249 e. The number of nitrogens with zero attached hydrogens (tertiary/aromatic N) is 1. The van der Waals surface area contributed by atoms with E-state index >= 15 is 0 Å². The number of aromatic nitrogens is 1. The Morgan fingerprint density at radius 3 is 2.69 bits per heavy atom. The van der Waals surface area contributed by atoms with Crippen molar-refractivity contribution in [3.8, 4) is 10.6 Å². The number of hydrogen-bond donors (Lipinski definition) is 1. The molecule has 1 aliphatic rings. The van der Waals surface area contributed by atoms with E-state index in [4.69, 9.17) is 16.6 Å². The quantitative estimate of drug-likeness (QED) is 0.690. The van der Waals surface area contributed by atoms with E-state index < -0.39 is 0 Å². The molecule has 1 N–H and O–H groups in total. The summed E-state index contributed by atoms with van der Waals surface area (Å²) in [6.45, 7) is 0.496. The lowest BCUT2D eigenvalue weighted by atomic mass is 9.94. The van der Waals surface area contributed by atoms with Gasteiger partial charge in [0.2, 0.25) is 5.91 Å². The number of nitrogens with one attached hydrogen (secondary N) is 1. The van der Waals surface area contributed by atoms with E-state index in [1.165, 1.54) is 0 Å². The molecule has 26 heavy (non-hydrogen) atoms. The number of amides is 1. The van der Waals surface area contributed by atoms with Gasteiger partial charge in [-0.25, -0.2) is 0 Å². The van der Waals surface area contributed by atoms with Crippen LogP contribution in [-0.4, -0.2) is 10.9 Å². The number of halogens is 1. The van der Waals surface area contributed by atoms with Crippen molar-refractivity contribution in [1.29, 1.82) is 0 Å². The van der Waals surface area contributed by atoms with Gasteiger partial charge in [-0.1, -0.05) is 48.0 Å². The monoisotopic (exact) mass is 380 g/mol. The fraction of sp³-hybridized carbons (Fsp3) is 0.143. The SMILES string of the molecule is O=C(NCc1ccccc1)C1=C(Cl)c2ccc(-c3cccs3)nc2CC1. The molecule has 2 aromatic heterocycles. The third-order valence-electron chi connectivity index (χ3n) is 4.43. The molecule has 1 aliphatic carbocycles. The molecule has 0 saturated carbocycles. The van der Waals surface area contributed by atoms with Crippen molar-refractivity contribution >= 4 is 33.9 Å². The highest BCUT2D eigenvalue weighted by atomic mass is 35.5. The van der Waals surface area contributed by atoms with Gasteiger partial charge in [-0.3, -0.25) is 9.78 Å². The number of rotatable bonds is 4. The molecule has 0 unspecified atom stereocenters. The first-order valence-electron chi connectivity index (χ1n) is 8.47. The van der Waals surface area contributed by atoms with Gasteiger partial charge in [0.15, 0.2) is 0 Å². The number of benzene rings is 1. The van der Waals surface area contributed by atoms with E-state index in [0.717, 1.165) is 33.8 Å². The number of pyridine rings is 1. The maximum absolute atomic E-state index is 12.6. The molecule has 1 amide bonds. The minimum Gasteiger partial charge on any atom is -0.348 e. The van der Waals surface area contributed by atoms with Gasteiger partial charge >= 0.3 is 0 Å². The van der Waals surface area contributed by atoms with Gasteiger partial charge in [0, 0.05) is 17.7 Å². The number of carbonyl (C=O) groups is 1. The largest absolute Gasteiger partial charge is 0.348 e. The van der Waals surface area contributed by atoms with Crippen LogP contribution in [0.3, 0.4) is 0 Å². The Morgan fingerprint density at radius 2 is 1.92 bits per heavy atom. The summed E-state index contributed by atoms with van der Waals surface area (Å²) in [5.74, 6) is -0.105. The Bertz CT molecular complexity index is 965. The van der Waals surface area contributed by atoms with E-state index in [1.54, 1.807) is 11.3 Å². The van der Waals surface area contributed by atoms with Crippen LogP contribution in [0.2, 0.25) is 0 Å². The molecule has 0 aliphatic heterocycles. The van der Waals surface area contributed by atoms with E-state index in [1.807, 2.05) is 53.9 Å². The number of aryl methyl sites for hydroxylation is 1. The van der Waals surface area contributed by atoms with Crippen LogP contribution in [0.4, 0.5) is 0 Å². The first kappa shape index (κ1) is 17.0. The molecule has 0 radical (unpaired) electrons. The molecule has 1 aromatic carbocycles. The first-order valence-corrected chi connectivity index (χ1v) is 9.73. The number of fused-ring (bicyclic) bond motifs is 1. The molecule has 130 valence electrons. The Balaban J connectivity index is 1.55. The molecule has 0 fully saturated rings. The van der Waals surface area contributed by atoms with Crippen molar-refractivity contribution in [3.05, 3.63) is 82.4 Å². The first-order chi connectivity index (χ1) is 12.7. The van der Waals surface area contributed by atoms with Crippen LogP contribution in [0.15, 0.2) is 65.6 Å². The highest BCUT2D eigenvalue weighted by molar-refractivity contribution is 7.13. The summed E-state index contributed by atoms with van der Waals surface area (Å²) in [7, 11) is 0. The molecule has 4 rings (SSSR count). The lowest BCUT2D eigenvalue weighted by Gasteiger charge is -2.19. The van der Waals surface area contributed by atoms with Gasteiger partial charge in [-0.05, 0) is 42.0 Å². The number of carbonyl (C=O) groups excluding carboxylic acids is 1. The molecule has 3 nitrogen and oxygen atoms in total. The highest BCUT2D eigenvalue weighted by Crippen LogP contribution is 2.35. The second-order valence-corrected chi connectivity index (χ2v) is 7.45. The van der Waals surface area contributed by atoms with Crippen molar-refractivity contribution in [1.82, 2.24) is 10.3 Å². The highest BCUT2D eigenvalue weighted by Gasteiger charge is 2.23. The zero-order chi connectivity index (χ0) is 17.9. The van der Waals surface area contributed by atoms with E-state index in [9.17, 15) is 4.79 Å². The fourth-order valence-corrected chi connectivity index (χ4v) is 4.11. The Kier molecular flexibility index (Phi) is 4.87. The maximum Gasteiger partial charge on any atom is 0.249 e. The van der Waals surface area contributed by atoms with Crippen LogP contribution in [-0.2, 0) is 17.8 Å². The van der Waals surface area contributed by atoms with Crippen LogP contribution in [0.25, 0.3) is 15.6 Å². The molecule has 0 atom stereocenters. The third-order valence-corrected chi connectivity index (χ3v) is 5.76. The molecular weight excluding hydrogens is 364 g/mol. The molecular formula is C21H17ClN2OS. The van der Waals surface area contributed by atoms with E-state index in [-0.39, 0.29) is 5.91 Å². The van der Waals surface area contributed by atoms with Gasteiger partial charge in [-0.2, -0.15) is 0 Å². The van der Waals surface area contributed by atoms with Crippen molar-refractivity contribution < 1.29 is 4.79 Å². The van der Waals surface area contributed by atoms with Gasteiger partial charge < -0.3 is 5.32 Å². The minimum absolute atomic E-state index is 0.105. The molecule has 3 aromatic rings. The zero-order valence-electron chi connectivity index (χ0n) is 14.0. The number of hydrogen-bond acceptors (Lipinski definition) is 3. The second-order valence-electron chi connectivity index (χ2n) is 6.13. The second kappa shape index (κ2) is 7.44. The summed E-state index contributed by atoms with van der Waals surface area (Å²) in [5, 5.41) is 5.52. The van der Waals surface area contributed by atoms with Crippen molar-refractivity contribution in [3.63, 3.8) is 0 Å². The summed E-state index contributed by atoms with van der Waals surface area (Å²) in [6, 6.07) is 17.9. The standard InChI is InChI=1S/C21H17ClN2OS/c22-20-15-8-11-18(19-7-4-12-26-19)24-17(15)10-9-16(20)21(25)23-13-14-5-2-1-3-6-14/h1-8,11-12H,9-10,13H2,(H,23,25). The van der Waals surface area contributed by atoms with Crippen molar-refractivity contribution in [2.75, 3.05) is 0 Å². The molecule has 0 bridgehead atoms. The Labute approximate surface area is 161 Å². The van der Waals surface area contributed by atoms with Crippen LogP contribution < -0.4 is 5.32 Å². The average Bonchev–Trinajstić information content (AvgIpc) is 3.22. The summed E-state index contributed by atoms with van der Waals surface area (Å²) in [5.41, 5.74) is 4.49. The van der Waals surface area contributed by atoms with Crippen LogP contribution in [0.5, 0.6) is 0 Å². The third kappa shape index (κ3) is 3.43. The van der Waals surface area contributed by atoms with E-state index in [0.29, 0.717) is 23.6 Å². The number of thiophene rings is 1. The summed E-state index contributed by atoms with van der Waals surface area (Å²) in [4.78, 5) is 18.5. The molecule has 5 heteroatoms. The van der Waals surface area contributed by atoms with Gasteiger partial charge in [-0.15, -0.1) is 11.3 Å². The van der Waals surface area contributed by atoms with E-state index in [2.05, 4.69) is 11.4 Å². The lowest BCUT2D eigenvalue weighted by molar-refractivity contribution is -0.117. The maximum atomic E-state index is 12.6. The average molecular weight is 381 g/mol. The van der Waals surface area contributed by atoms with Crippen molar-refractivity contribution in [2.24, 2.45) is 0 Å². The fourth-order valence-electron chi connectivity index (χ4n) is 3.07. The molecule has 0 spiro atoms. The zero-order valence-corrected chi connectivity index (χ0v) is 15.6. The van der Waals surface area contributed by atoms with Gasteiger partial charge in [0.1, 0.15) is 0 Å². The minimum atomic E-state index is -0.105. The van der Waals surface area contributed by atoms with Crippen LogP contribution in [0.1, 0.15) is 23.2 Å². The summed E-state index contributed by atoms with van der Waals surface area (Å²) >= 11 is 8.21. The van der Waals surface area contributed by atoms with Crippen molar-refractivity contribution in [2.45, 2.75) is 19.4 Å². The molecule has 2 heterocycles. The summed E-state index contributed by atoms with van der Waals surface area (Å²) in [6.07, 6.45) is 1.33. The Morgan fingerprint density at radius 1 is 1.08 bits per heavy atom. The predicted octanol–water partition coefficient (Wildman–Crippen LogP) is 5.02. The van der Waals surface area contributed by atoms with Crippen LogP contribution in [0, 0.1) is 0 Å². The van der Waals surface area contributed by atoms with Gasteiger partial charge in [0.05, 0.1) is 21.3 Å². The van der Waals surface area contributed by atoms with Gasteiger partial charge in [0.25, 0.3) is 0 Å².